The highest BCUT2D eigenvalue weighted by Gasteiger charge is 2.11. The number of rotatable bonds is 43. The summed E-state index contributed by atoms with van der Waals surface area (Å²) >= 11 is 0. The molecule has 0 spiro atoms. The number of nitrogens with zero attached hydrogens (tertiary/aromatic N) is 1. The summed E-state index contributed by atoms with van der Waals surface area (Å²) in [6, 6.07) is 0. The molecule has 0 rings (SSSR count). The monoisotopic (exact) mass is 724 g/mol. The predicted octanol–water partition coefficient (Wildman–Crippen LogP) is 13.6. The zero-order valence-corrected chi connectivity index (χ0v) is 35.4. The second-order valence-corrected chi connectivity index (χ2v) is 16.0. The summed E-state index contributed by atoms with van der Waals surface area (Å²) < 4.78 is 11.6. The zero-order valence-electron chi connectivity index (χ0n) is 35.4. The highest BCUT2D eigenvalue weighted by molar-refractivity contribution is 5.69. The average Bonchev–Trinajstić information content (AvgIpc) is 3.14. The van der Waals surface area contributed by atoms with E-state index < -0.39 is 0 Å². The predicted molar refractivity (Wildman–Crippen MR) is 223 cm³/mol. The molecule has 0 saturated heterocycles. The van der Waals surface area contributed by atoms with Gasteiger partial charge in [-0.3, -0.25) is 4.79 Å². The van der Waals surface area contributed by atoms with Gasteiger partial charge in [0.1, 0.15) is 0 Å². The third-order valence-corrected chi connectivity index (χ3v) is 11.2. The van der Waals surface area contributed by atoms with Crippen LogP contribution in [0.15, 0.2) is 0 Å². The Hall–Kier alpha value is -0.650. The second kappa shape index (κ2) is 42.1. The lowest BCUT2D eigenvalue weighted by Gasteiger charge is -2.22. The summed E-state index contributed by atoms with van der Waals surface area (Å²) in [5, 5.41) is 9.19. The van der Waals surface area contributed by atoms with Crippen LogP contribution in [0, 0.1) is 11.8 Å². The van der Waals surface area contributed by atoms with Crippen LogP contribution in [-0.4, -0.2) is 62.0 Å². The van der Waals surface area contributed by atoms with E-state index in [1.165, 1.54) is 173 Å². The molecule has 0 saturated carbocycles. The largest absolute Gasteiger partial charge is 0.466 e. The third-order valence-electron chi connectivity index (χ3n) is 11.2. The van der Waals surface area contributed by atoms with Crippen molar-refractivity contribution in [3.63, 3.8) is 0 Å². The number of aliphatic hydroxyl groups is 1. The van der Waals surface area contributed by atoms with Gasteiger partial charge in [-0.05, 0) is 95.7 Å². The Bertz CT molecular complexity index is 674. The summed E-state index contributed by atoms with van der Waals surface area (Å²) in [4.78, 5) is 14.9. The molecule has 0 fully saturated rings. The van der Waals surface area contributed by atoms with Crippen molar-refractivity contribution in [2.45, 2.75) is 233 Å². The van der Waals surface area contributed by atoms with Gasteiger partial charge < -0.3 is 19.5 Å². The lowest BCUT2D eigenvalue weighted by molar-refractivity contribution is -0.144. The van der Waals surface area contributed by atoms with Gasteiger partial charge in [0.2, 0.25) is 0 Å². The lowest BCUT2D eigenvalue weighted by atomic mass is 9.91. The van der Waals surface area contributed by atoms with E-state index in [1.807, 2.05) is 0 Å². The fourth-order valence-electron chi connectivity index (χ4n) is 7.54. The highest BCUT2D eigenvalue weighted by atomic mass is 16.5. The third kappa shape index (κ3) is 37.5. The van der Waals surface area contributed by atoms with Gasteiger partial charge in [0.25, 0.3) is 0 Å². The van der Waals surface area contributed by atoms with Crippen molar-refractivity contribution < 1.29 is 19.4 Å². The fourth-order valence-corrected chi connectivity index (χ4v) is 7.54. The van der Waals surface area contributed by atoms with Crippen molar-refractivity contribution in [2.75, 3.05) is 46.1 Å². The maximum atomic E-state index is 12.3. The number of ether oxygens (including phenoxy) is 2. The van der Waals surface area contributed by atoms with Crippen molar-refractivity contribution in [3.8, 4) is 0 Å². The number of hydrogen-bond donors (Lipinski definition) is 1. The molecule has 5 heteroatoms. The van der Waals surface area contributed by atoms with E-state index in [4.69, 9.17) is 9.47 Å². The normalized spacial score (nSPS) is 12.9. The first kappa shape index (κ1) is 50.4. The van der Waals surface area contributed by atoms with Gasteiger partial charge in [0.15, 0.2) is 0 Å². The minimum Gasteiger partial charge on any atom is -0.466 e. The van der Waals surface area contributed by atoms with Crippen LogP contribution in [-0.2, 0) is 14.3 Å². The van der Waals surface area contributed by atoms with E-state index in [1.54, 1.807) is 0 Å². The van der Waals surface area contributed by atoms with Crippen LogP contribution in [0.2, 0.25) is 0 Å². The van der Waals surface area contributed by atoms with Crippen LogP contribution in [0.1, 0.15) is 233 Å². The number of carbonyl (C=O) groups excluding carboxylic acids is 1. The molecule has 0 aliphatic heterocycles. The first-order valence-electron chi connectivity index (χ1n) is 23.2. The molecule has 0 aromatic carbocycles. The maximum Gasteiger partial charge on any atom is 0.305 e. The lowest BCUT2D eigenvalue weighted by Crippen LogP contribution is -2.27. The molecular formula is C46H93NO4. The standard InChI is InChI=1S/C46H93NO4/c1-5-9-12-14-22-31-44(8-4)35-36-46(49)51-43-29-19-17-25-38-47(39-26-20-27-40-48)37-24-16-18-28-41-50-42-30-34-45(32-21-11-7-3)33-23-15-13-10-6-2/h44-45,48H,5-43H2,1-4H3. The van der Waals surface area contributed by atoms with E-state index >= 15 is 0 Å². The molecule has 2 atom stereocenters. The average molecular weight is 724 g/mol. The van der Waals surface area contributed by atoms with Crippen LogP contribution in [0.3, 0.4) is 0 Å². The Morgan fingerprint density at radius 3 is 1.47 bits per heavy atom. The molecule has 5 nitrogen and oxygen atoms in total. The van der Waals surface area contributed by atoms with E-state index in [-0.39, 0.29) is 5.97 Å². The molecule has 0 radical (unpaired) electrons. The summed E-state index contributed by atoms with van der Waals surface area (Å²) in [6.07, 6.45) is 40.0. The molecule has 0 aromatic rings. The molecule has 2 unspecified atom stereocenters. The maximum absolute atomic E-state index is 12.3. The number of unbranched alkanes of at least 4 members (excludes halogenated alkanes) is 18. The van der Waals surface area contributed by atoms with Crippen molar-refractivity contribution >= 4 is 5.97 Å². The minimum absolute atomic E-state index is 0.00478. The van der Waals surface area contributed by atoms with Gasteiger partial charge in [0, 0.05) is 26.2 Å². The molecule has 0 aliphatic carbocycles. The van der Waals surface area contributed by atoms with Crippen LogP contribution in [0.5, 0.6) is 0 Å². The van der Waals surface area contributed by atoms with Crippen LogP contribution in [0.25, 0.3) is 0 Å². The van der Waals surface area contributed by atoms with Gasteiger partial charge in [-0.25, -0.2) is 0 Å². The van der Waals surface area contributed by atoms with Crippen LogP contribution < -0.4 is 0 Å². The number of esters is 1. The molecular weight excluding hydrogens is 631 g/mol. The SMILES string of the molecule is CCCCCCCC(CC)CCC(=O)OCCCCCCN(CCCCCO)CCCCCCOCCCC(CCCCC)CCCCCCC. The number of aliphatic hydroxyl groups excluding tert-OH is 1. The minimum atomic E-state index is 0.00478. The smallest absolute Gasteiger partial charge is 0.305 e. The van der Waals surface area contributed by atoms with Gasteiger partial charge in [-0.1, -0.05) is 163 Å². The van der Waals surface area contributed by atoms with Crippen molar-refractivity contribution in [3.05, 3.63) is 0 Å². The van der Waals surface area contributed by atoms with E-state index in [9.17, 15) is 9.90 Å². The molecule has 0 aliphatic rings. The fraction of sp³-hybridized carbons (Fsp3) is 0.978. The van der Waals surface area contributed by atoms with E-state index in [2.05, 4.69) is 32.6 Å². The Kier molecular flexibility index (Phi) is 41.6. The number of hydrogen-bond acceptors (Lipinski definition) is 5. The quantitative estimate of drug-likeness (QED) is 0.0501. The van der Waals surface area contributed by atoms with Crippen LogP contribution in [0.4, 0.5) is 0 Å². The highest BCUT2D eigenvalue weighted by Crippen LogP contribution is 2.23. The summed E-state index contributed by atoms with van der Waals surface area (Å²) in [5.74, 6) is 1.60. The van der Waals surface area contributed by atoms with E-state index in [0.717, 1.165) is 64.3 Å². The molecule has 0 amide bonds. The topological polar surface area (TPSA) is 59.0 Å². The number of carbonyl (C=O) groups is 1. The van der Waals surface area contributed by atoms with Gasteiger partial charge in [-0.15, -0.1) is 0 Å². The van der Waals surface area contributed by atoms with E-state index in [0.29, 0.717) is 25.6 Å². The van der Waals surface area contributed by atoms with Gasteiger partial charge in [-0.2, -0.15) is 0 Å². The Balaban J connectivity index is 4.02. The Morgan fingerprint density at radius 1 is 0.471 bits per heavy atom. The summed E-state index contributed by atoms with van der Waals surface area (Å²) in [6.45, 7) is 15.4. The van der Waals surface area contributed by atoms with Crippen LogP contribution >= 0.6 is 0 Å². The van der Waals surface area contributed by atoms with Crippen molar-refractivity contribution in [1.82, 2.24) is 4.90 Å². The first-order valence-corrected chi connectivity index (χ1v) is 23.2. The molecule has 0 bridgehead atoms. The van der Waals surface area contributed by atoms with Crippen molar-refractivity contribution in [1.29, 1.82) is 0 Å². The van der Waals surface area contributed by atoms with Gasteiger partial charge >= 0.3 is 5.97 Å². The molecule has 306 valence electrons. The summed E-state index contributed by atoms with van der Waals surface area (Å²) in [7, 11) is 0. The van der Waals surface area contributed by atoms with Crippen molar-refractivity contribution in [2.24, 2.45) is 11.8 Å². The molecule has 0 heterocycles. The second-order valence-electron chi connectivity index (χ2n) is 16.0. The first-order chi connectivity index (χ1) is 25.1. The Labute approximate surface area is 320 Å². The molecule has 51 heavy (non-hydrogen) atoms. The zero-order chi connectivity index (χ0) is 37.3. The molecule has 1 N–H and O–H groups in total. The molecule has 0 aromatic heterocycles. The van der Waals surface area contributed by atoms with Gasteiger partial charge in [0.05, 0.1) is 6.61 Å². The summed E-state index contributed by atoms with van der Waals surface area (Å²) in [5.41, 5.74) is 0. The Morgan fingerprint density at radius 2 is 0.902 bits per heavy atom.